The molecule has 0 amide bonds. The van der Waals surface area contributed by atoms with E-state index in [-0.39, 0.29) is 24.1 Å². The van der Waals surface area contributed by atoms with Crippen LogP contribution >= 0.6 is 12.2 Å². The zero-order valence-electron chi connectivity index (χ0n) is 10.6. The predicted octanol–water partition coefficient (Wildman–Crippen LogP) is 2.96. The number of thiocarbonyl (C=S) groups is 1. The number of nitrogens with one attached hydrogen (secondary N) is 1. The van der Waals surface area contributed by atoms with Gasteiger partial charge in [0.1, 0.15) is 24.2 Å². The lowest BCUT2D eigenvalue weighted by atomic mass is 9.79. The molecule has 0 bridgehead atoms. The molecule has 3 N–H and O–H groups in total. The van der Waals surface area contributed by atoms with Gasteiger partial charge in [0.25, 0.3) is 0 Å². The molecule has 2 nitrogen and oxygen atoms in total. The molecule has 0 radical (unpaired) electrons. The lowest BCUT2D eigenvalue weighted by Gasteiger charge is -2.42. The normalized spacial score (nSPS) is 30.1. The van der Waals surface area contributed by atoms with Crippen LogP contribution in [-0.2, 0) is 5.54 Å². The van der Waals surface area contributed by atoms with Gasteiger partial charge in [0, 0.05) is 11.3 Å². The summed E-state index contributed by atoms with van der Waals surface area (Å²) >= 11 is 4.78. The van der Waals surface area contributed by atoms with Gasteiger partial charge in [-0.1, -0.05) is 12.2 Å². The maximum Gasteiger partial charge on any atom is 0.188 e. The van der Waals surface area contributed by atoms with E-state index < -0.39 is 35.4 Å². The molecule has 110 valence electrons. The Morgan fingerprint density at radius 1 is 1.25 bits per heavy atom. The van der Waals surface area contributed by atoms with Crippen LogP contribution < -0.4 is 11.1 Å². The molecular weight excluding hydrogens is 292 g/mol. The SMILES string of the molecule is Nc1ccc(F)c(C2(CF)CCC(F)(CF)C(=S)N2)c1. The summed E-state index contributed by atoms with van der Waals surface area (Å²) in [5.41, 5.74) is 1.99. The Bertz CT molecular complexity index is 539. The number of nitrogens with two attached hydrogens (primary N) is 1. The minimum atomic E-state index is -2.31. The maximum atomic E-state index is 14.1. The van der Waals surface area contributed by atoms with Gasteiger partial charge in [-0.05, 0) is 31.0 Å². The summed E-state index contributed by atoms with van der Waals surface area (Å²) in [4.78, 5) is -0.439. The number of piperidine rings is 1. The van der Waals surface area contributed by atoms with Gasteiger partial charge in [-0.15, -0.1) is 0 Å². The first-order valence-corrected chi connectivity index (χ1v) is 6.47. The molecule has 0 aromatic heterocycles. The van der Waals surface area contributed by atoms with E-state index in [1.807, 2.05) is 0 Å². The Morgan fingerprint density at radius 3 is 2.50 bits per heavy atom. The molecule has 2 atom stereocenters. The highest BCUT2D eigenvalue weighted by Gasteiger charge is 2.48. The van der Waals surface area contributed by atoms with E-state index in [0.717, 1.165) is 6.07 Å². The van der Waals surface area contributed by atoms with Crippen LogP contribution in [-0.4, -0.2) is 24.0 Å². The molecule has 0 saturated carbocycles. The second kappa shape index (κ2) is 5.20. The van der Waals surface area contributed by atoms with E-state index in [4.69, 9.17) is 18.0 Å². The average Bonchev–Trinajstić information content (AvgIpc) is 2.45. The van der Waals surface area contributed by atoms with Crippen molar-refractivity contribution < 1.29 is 17.6 Å². The molecule has 2 unspecified atom stereocenters. The summed E-state index contributed by atoms with van der Waals surface area (Å²) in [5, 5.41) is 2.45. The van der Waals surface area contributed by atoms with Crippen LogP contribution in [0.3, 0.4) is 0 Å². The van der Waals surface area contributed by atoms with Crippen molar-refractivity contribution in [2.24, 2.45) is 0 Å². The maximum absolute atomic E-state index is 14.1. The Balaban J connectivity index is 2.42. The number of nitrogen functional groups attached to an aromatic ring is 1. The van der Waals surface area contributed by atoms with Gasteiger partial charge in [0.2, 0.25) is 0 Å². The van der Waals surface area contributed by atoms with Gasteiger partial charge < -0.3 is 11.1 Å². The average molecular weight is 306 g/mol. The summed E-state index contributed by atoms with van der Waals surface area (Å²) < 4.78 is 54.2. The summed E-state index contributed by atoms with van der Waals surface area (Å²) in [5.74, 6) is -0.668. The van der Waals surface area contributed by atoms with Crippen LogP contribution in [0.4, 0.5) is 23.2 Å². The summed E-state index contributed by atoms with van der Waals surface area (Å²) in [6.07, 6.45) is -0.433. The second-order valence-electron chi connectivity index (χ2n) is 5.01. The third-order valence-electron chi connectivity index (χ3n) is 3.65. The lowest BCUT2D eigenvalue weighted by Crippen LogP contribution is -2.60. The van der Waals surface area contributed by atoms with Gasteiger partial charge in [0.15, 0.2) is 5.67 Å². The van der Waals surface area contributed by atoms with Crippen molar-refractivity contribution >= 4 is 22.9 Å². The standard InChI is InChI=1S/C13H14F4N2S/c14-6-12(17)3-4-13(7-15,19-11(12)20)9-5-8(18)1-2-10(9)16/h1-2,5H,3-4,6-7,18H2,(H,19,20). The van der Waals surface area contributed by atoms with Gasteiger partial charge in [-0.2, -0.15) is 0 Å². The number of alkyl halides is 3. The van der Waals surface area contributed by atoms with E-state index in [1.165, 1.54) is 12.1 Å². The van der Waals surface area contributed by atoms with Gasteiger partial charge in [-0.25, -0.2) is 17.6 Å². The largest absolute Gasteiger partial charge is 0.399 e. The molecule has 2 rings (SSSR count). The van der Waals surface area contributed by atoms with E-state index in [0.29, 0.717) is 0 Å². The van der Waals surface area contributed by atoms with Crippen molar-refractivity contribution in [3.63, 3.8) is 0 Å². The smallest absolute Gasteiger partial charge is 0.188 e. The molecule has 20 heavy (non-hydrogen) atoms. The minimum absolute atomic E-state index is 0.0248. The fraction of sp³-hybridized carbons (Fsp3) is 0.462. The molecule has 1 aliphatic heterocycles. The molecule has 1 aromatic carbocycles. The first kappa shape index (κ1) is 15.0. The van der Waals surface area contributed by atoms with Crippen LogP contribution in [0.1, 0.15) is 18.4 Å². The molecule has 1 aromatic rings. The minimum Gasteiger partial charge on any atom is -0.399 e. The Kier molecular flexibility index (Phi) is 3.90. The Labute approximate surface area is 119 Å². The third-order valence-corrected chi connectivity index (χ3v) is 4.12. The third kappa shape index (κ3) is 2.34. The topological polar surface area (TPSA) is 38.0 Å². The molecule has 1 saturated heterocycles. The van der Waals surface area contributed by atoms with Gasteiger partial charge >= 0.3 is 0 Å². The van der Waals surface area contributed by atoms with Crippen LogP contribution in [0, 0.1) is 5.82 Å². The van der Waals surface area contributed by atoms with E-state index >= 15 is 0 Å². The van der Waals surface area contributed by atoms with Crippen molar-refractivity contribution in [1.29, 1.82) is 0 Å². The zero-order valence-corrected chi connectivity index (χ0v) is 11.4. The first-order valence-electron chi connectivity index (χ1n) is 6.06. The van der Waals surface area contributed by atoms with Crippen molar-refractivity contribution in [3.8, 4) is 0 Å². The highest BCUT2D eigenvalue weighted by molar-refractivity contribution is 7.80. The molecule has 1 aliphatic rings. The number of rotatable bonds is 3. The number of anilines is 1. The molecule has 0 aliphatic carbocycles. The van der Waals surface area contributed by atoms with Crippen molar-refractivity contribution in [3.05, 3.63) is 29.6 Å². The van der Waals surface area contributed by atoms with Crippen molar-refractivity contribution in [2.75, 3.05) is 19.1 Å². The highest BCUT2D eigenvalue weighted by atomic mass is 32.1. The Hall–Kier alpha value is -1.37. The number of hydrogen-bond acceptors (Lipinski definition) is 2. The summed E-state index contributed by atoms with van der Waals surface area (Å²) in [6.45, 7) is -2.30. The number of benzene rings is 1. The van der Waals surface area contributed by atoms with Crippen LogP contribution in [0.15, 0.2) is 18.2 Å². The fourth-order valence-corrected chi connectivity index (χ4v) is 2.68. The highest BCUT2D eigenvalue weighted by Crippen LogP contribution is 2.39. The molecule has 1 fully saturated rings. The molecule has 7 heteroatoms. The van der Waals surface area contributed by atoms with E-state index in [9.17, 15) is 17.6 Å². The van der Waals surface area contributed by atoms with E-state index in [2.05, 4.69) is 5.32 Å². The van der Waals surface area contributed by atoms with Crippen LogP contribution in [0.2, 0.25) is 0 Å². The fourth-order valence-electron chi connectivity index (χ4n) is 2.33. The lowest BCUT2D eigenvalue weighted by molar-refractivity contribution is 0.120. The number of halogens is 4. The molecular formula is C13H14F4N2S. The van der Waals surface area contributed by atoms with Gasteiger partial charge in [0.05, 0.1) is 5.54 Å². The summed E-state index contributed by atoms with van der Waals surface area (Å²) in [6, 6.07) is 3.73. The van der Waals surface area contributed by atoms with Gasteiger partial charge in [-0.3, -0.25) is 0 Å². The molecule has 1 heterocycles. The number of hydrogen-bond donors (Lipinski definition) is 2. The van der Waals surface area contributed by atoms with Crippen molar-refractivity contribution in [1.82, 2.24) is 5.32 Å². The monoisotopic (exact) mass is 306 g/mol. The van der Waals surface area contributed by atoms with E-state index in [1.54, 1.807) is 0 Å². The van der Waals surface area contributed by atoms with Crippen molar-refractivity contribution in [2.45, 2.75) is 24.0 Å². The second-order valence-corrected chi connectivity index (χ2v) is 5.42. The van der Waals surface area contributed by atoms with Crippen LogP contribution in [0.25, 0.3) is 0 Å². The molecule has 0 spiro atoms. The summed E-state index contributed by atoms with van der Waals surface area (Å²) in [7, 11) is 0. The van der Waals surface area contributed by atoms with Crippen LogP contribution in [0.5, 0.6) is 0 Å². The zero-order chi connectivity index (χ0) is 15.0. The quantitative estimate of drug-likeness (QED) is 0.512. The Morgan fingerprint density at radius 2 is 1.95 bits per heavy atom. The predicted molar refractivity (Wildman–Crippen MR) is 73.2 cm³/mol. The first-order chi connectivity index (χ1) is 9.37.